The number of hydrogen-bond acceptors (Lipinski definition) is 3. The third-order valence-corrected chi connectivity index (χ3v) is 2.84. The molecular weight excluding hydrogens is 233 g/mol. The largest absolute Gasteiger partial charge is 0.384 e. The van der Waals surface area contributed by atoms with Crippen LogP contribution in [-0.4, -0.2) is 23.5 Å². The second-order valence-electron chi connectivity index (χ2n) is 4.08. The maximum Gasteiger partial charge on any atom is 0.129 e. The zero-order valence-electron chi connectivity index (χ0n) is 10.5. The number of ether oxygens (including phenoxy) is 1. The van der Waals surface area contributed by atoms with Crippen molar-refractivity contribution in [3.05, 3.63) is 35.8 Å². The Balaban J connectivity index is 2.44. The molecular formula is C13H16FN3O. The van der Waals surface area contributed by atoms with Gasteiger partial charge in [-0.05, 0) is 17.7 Å². The van der Waals surface area contributed by atoms with Gasteiger partial charge in [-0.2, -0.15) is 5.10 Å². The van der Waals surface area contributed by atoms with Crippen LogP contribution >= 0.6 is 0 Å². The summed E-state index contributed by atoms with van der Waals surface area (Å²) in [5.74, 6) is 0.312. The van der Waals surface area contributed by atoms with Crippen LogP contribution < -0.4 is 5.73 Å². The van der Waals surface area contributed by atoms with E-state index in [0.717, 1.165) is 16.8 Å². The van der Waals surface area contributed by atoms with Crippen molar-refractivity contribution in [3.63, 3.8) is 0 Å². The number of hydrogen-bond donors (Lipinski definition) is 1. The van der Waals surface area contributed by atoms with Gasteiger partial charge in [-0.15, -0.1) is 0 Å². The van der Waals surface area contributed by atoms with Crippen molar-refractivity contribution in [2.75, 3.05) is 19.5 Å². The number of aryl methyl sites for hydroxylation is 1. The number of anilines is 1. The van der Waals surface area contributed by atoms with Crippen LogP contribution in [0.5, 0.6) is 0 Å². The van der Waals surface area contributed by atoms with E-state index in [1.165, 1.54) is 12.1 Å². The van der Waals surface area contributed by atoms with E-state index in [2.05, 4.69) is 5.10 Å². The molecule has 2 N–H and O–H groups in total. The Hall–Kier alpha value is -1.88. The third-order valence-electron chi connectivity index (χ3n) is 2.84. The molecule has 96 valence electrons. The second kappa shape index (κ2) is 5.18. The molecule has 0 aliphatic heterocycles. The number of nitrogens with two attached hydrogens (primary N) is 1. The van der Waals surface area contributed by atoms with Gasteiger partial charge in [0.05, 0.1) is 12.3 Å². The lowest BCUT2D eigenvalue weighted by Gasteiger charge is -2.04. The van der Waals surface area contributed by atoms with E-state index in [4.69, 9.17) is 10.5 Å². The van der Waals surface area contributed by atoms with Gasteiger partial charge in [0, 0.05) is 26.1 Å². The molecule has 0 radical (unpaired) electrons. The fourth-order valence-electron chi connectivity index (χ4n) is 1.90. The van der Waals surface area contributed by atoms with Crippen LogP contribution in [0.2, 0.25) is 0 Å². The number of methoxy groups -OCH3 is 1. The molecule has 5 heteroatoms. The van der Waals surface area contributed by atoms with Gasteiger partial charge in [0.15, 0.2) is 0 Å². The topological polar surface area (TPSA) is 53.1 Å². The van der Waals surface area contributed by atoms with E-state index in [1.807, 2.05) is 0 Å². The summed E-state index contributed by atoms with van der Waals surface area (Å²) in [6, 6.07) is 6.25. The van der Waals surface area contributed by atoms with Crippen LogP contribution in [0.3, 0.4) is 0 Å². The molecule has 0 unspecified atom stereocenters. The van der Waals surface area contributed by atoms with Gasteiger partial charge in [-0.3, -0.25) is 4.68 Å². The molecule has 0 fully saturated rings. The molecule has 4 nitrogen and oxygen atoms in total. The summed E-state index contributed by atoms with van der Waals surface area (Å²) in [4.78, 5) is 0. The molecule has 0 bridgehead atoms. The van der Waals surface area contributed by atoms with Gasteiger partial charge in [-0.1, -0.05) is 12.1 Å². The van der Waals surface area contributed by atoms with Crippen molar-refractivity contribution in [3.8, 4) is 11.1 Å². The molecule has 0 spiro atoms. The Morgan fingerprint density at radius 3 is 2.61 bits per heavy atom. The third kappa shape index (κ3) is 2.36. The second-order valence-corrected chi connectivity index (χ2v) is 4.08. The molecule has 18 heavy (non-hydrogen) atoms. The molecule has 1 aromatic carbocycles. The highest BCUT2D eigenvalue weighted by molar-refractivity contribution is 5.76. The van der Waals surface area contributed by atoms with E-state index in [1.54, 1.807) is 31.0 Å². The first-order valence-electron chi connectivity index (χ1n) is 5.69. The predicted octanol–water partition coefficient (Wildman–Crippen LogP) is 2.00. The summed E-state index contributed by atoms with van der Waals surface area (Å²) in [5, 5.41) is 4.36. The van der Waals surface area contributed by atoms with Crippen molar-refractivity contribution in [2.45, 2.75) is 6.42 Å². The van der Waals surface area contributed by atoms with Crippen LogP contribution in [0.4, 0.5) is 10.2 Å². The zero-order valence-corrected chi connectivity index (χ0v) is 10.5. The number of aromatic nitrogens is 2. The molecule has 1 heterocycles. The Morgan fingerprint density at radius 2 is 2.00 bits per heavy atom. The van der Waals surface area contributed by atoms with Gasteiger partial charge in [0.25, 0.3) is 0 Å². The van der Waals surface area contributed by atoms with Gasteiger partial charge >= 0.3 is 0 Å². The molecule has 2 rings (SSSR count). The Morgan fingerprint density at radius 1 is 1.33 bits per heavy atom. The number of nitrogen functional groups attached to an aromatic ring is 1. The van der Waals surface area contributed by atoms with Crippen molar-refractivity contribution in [2.24, 2.45) is 7.05 Å². The van der Waals surface area contributed by atoms with Crippen molar-refractivity contribution in [1.82, 2.24) is 9.78 Å². The van der Waals surface area contributed by atoms with E-state index >= 15 is 0 Å². The predicted molar refractivity (Wildman–Crippen MR) is 68.6 cm³/mol. The number of benzene rings is 1. The number of rotatable bonds is 4. The molecule has 0 aliphatic carbocycles. The summed E-state index contributed by atoms with van der Waals surface area (Å²) in [5.41, 5.74) is 8.60. The molecule has 0 saturated heterocycles. The molecule has 0 atom stereocenters. The first kappa shape index (κ1) is 12.6. The lowest BCUT2D eigenvalue weighted by Crippen LogP contribution is -1.98. The van der Waals surface area contributed by atoms with E-state index in [9.17, 15) is 4.39 Å². The highest BCUT2D eigenvalue weighted by atomic mass is 19.1. The van der Waals surface area contributed by atoms with E-state index < -0.39 is 0 Å². The quantitative estimate of drug-likeness (QED) is 0.901. The fourth-order valence-corrected chi connectivity index (χ4v) is 1.90. The highest BCUT2D eigenvalue weighted by Crippen LogP contribution is 2.29. The number of nitrogens with zero attached hydrogens (tertiary/aromatic N) is 2. The van der Waals surface area contributed by atoms with Crippen LogP contribution in [0.15, 0.2) is 24.3 Å². The first-order valence-corrected chi connectivity index (χ1v) is 5.69. The minimum absolute atomic E-state index is 0.264. The lowest BCUT2D eigenvalue weighted by atomic mass is 10.0. The standard InChI is InChI=1S/C13H16FN3O/c1-17-13(15)12(11(16-17)7-8-18-2)9-3-5-10(14)6-4-9/h3-6H,7-8,15H2,1-2H3. The lowest BCUT2D eigenvalue weighted by molar-refractivity contribution is 0.201. The molecule has 0 amide bonds. The van der Waals surface area contributed by atoms with Crippen molar-refractivity contribution < 1.29 is 9.13 Å². The van der Waals surface area contributed by atoms with E-state index in [0.29, 0.717) is 18.8 Å². The summed E-state index contributed by atoms with van der Waals surface area (Å²) in [7, 11) is 3.43. The minimum atomic E-state index is -0.264. The maximum atomic E-state index is 12.9. The van der Waals surface area contributed by atoms with Crippen LogP contribution in [0.1, 0.15) is 5.69 Å². The van der Waals surface area contributed by atoms with Crippen LogP contribution in [0, 0.1) is 5.82 Å². The summed E-state index contributed by atoms with van der Waals surface area (Å²) in [6.45, 7) is 0.574. The smallest absolute Gasteiger partial charge is 0.129 e. The molecule has 0 aliphatic rings. The van der Waals surface area contributed by atoms with Gasteiger partial charge in [0.1, 0.15) is 11.6 Å². The SMILES string of the molecule is COCCc1nn(C)c(N)c1-c1ccc(F)cc1. The molecule has 2 aromatic rings. The van der Waals surface area contributed by atoms with Crippen molar-refractivity contribution >= 4 is 5.82 Å². The minimum Gasteiger partial charge on any atom is -0.384 e. The maximum absolute atomic E-state index is 12.9. The van der Waals surface area contributed by atoms with Crippen LogP contribution in [0.25, 0.3) is 11.1 Å². The number of halogens is 1. The summed E-state index contributed by atoms with van der Waals surface area (Å²) >= 11 is 0. The highest BCUT2D eigenvalue weighted by Gasteiger charge is 2.15. The molecule has 1 aromatic heterocycles. The Kier molecular flexibility index (Phi) is 3.62. The summed E-state index contributed by atoms with van der Waals surface area (Å²) in [6.07, 6.45) is 0.675. The van der Waals surface area contributed by atoms with Crippen LogP contribution in [-0.2, 0) is 18.2 Å². The Labute approximate surface area is 105 Å². The molecule has 0 saturated carbocycles. The Bertz CT molecular complexity index is 534. The normalized spacial score (nSPS) is 10.8. The summed E-state index contributed by atoms with van der Waals surface area (Å²) < 4.78 is 19.6. The zero-order chi connectivity index (χ0) is 13.1. The van der Waals surface area contributed by atoms with Crippen molar-refractivity contribution in [1.29, 1.82) is 0 Å². The van der Waals surface area contributed by atoms with Gasteiger partial charge < -0.3 is 10.5 Å². The first-order chi connectivity index (χ1) is 8.63. The average Bonchev–Trinajstić information content (AvgIpc) is 2.64. The van der Waals surface area contributed by atoms with E-state index in [-0.39, 0.29) is 5.82 Å². The van der Waals surface area contributed by atoms with Gasteiger partial charge in [0.2, 0.25) is 0 Å². The average molecular weight is 249 g/mol. The fraction of sp³-hybridized carbons (Fsp3) is 0.308. The van der Waals surface area contributed by atoms with Gasteiger partial charge in [-0.25, -0.2) is 4.39 Å². The monoisotopic (exact) mass is 249 g/mol.